The zero-order chi connectivity index (χ0) is 14.2. The van der Waals surface area contributed by atoms with Crippen molar-refractivity contribution >= 4 is 27.5 Å². The zero-order valence-corrected chi connectivity index (χ0v) is 11.5. The lowest BCUT2D eigenvalue weighted by molar-refractivity contribution is -0.140. The van der Waals surface area contributed by atoms with Crippen molar-refractivity contribution in [2.75, 3.05) is 0 Å². The lowest BCUT2D eigenvalue weighted by Crippen LogP contribution is -2.04. The van der Waals surface area contributed by atoms with Crippen LogP contribution in [0.4, 0.5) is 13.2 Å². The fourth-order valence-corrected chi connectivity index (χ4v) is 2.08. The van der Waals surface area contributed by atoms with Crippen molar-refractivity contribution in [2.45, 2.75) is 6.18 Å². The second-order valence-corrected chi connectivity index (χ2v) is 4.97. The van der Waals surface area contributed by atoms with E-state index in [0.29, 0.717) is 15.1 Å². The molecule has 0 radical (unpaired) electrons. The number of aromatic nitrogens is 1. The van der Waals surface area contributed by atoms with E-state index in [2.05, 4.69) is 20.9 Å². The molecular formula is C12H5BrClF3N2. The number of nitrogens with zero attached hydrogens (tertiary/aromatic N) is 1. The second kappa shape index (κ2) is 4.91. The average Bonchev–Trinajstić information content (AvgIpc) is 2.76. The van der Waals surface area contributed by atoms with Crippen LogP contribution in [0, 0.1) is 11.3 Å². The van der Waals surface area contributed by atoms with Gasteiger partial charge in [0.15, 0.2) is 0 Å². The van der Waals surface area contributed by atoms with Crippen LogP contribution < -0.4 is 0 Å². The summed E-state index contributed by atoms with van der Waals surface area (Å²) in [5, 5.41) is 9.34. The first-order chi connectivity index (χ1) is 8.82. The Kier molecular flexibility index (Phi) is 3.61. The van der Waals surface area contributed by atoms with Crippen molar-refractivity contribution in [3.8, 4) is 17.2 Å². The number of rotatable bonds is 1. The number of hydrogen-bond donors (Lipinski definition) is 1. The van der Waals surface area contributed by atoms with Crippen LogP contribution in [0.2, 0.25) is 5.02 Å². The molecule has 1 N–H and O–H groups in total. The number of alkyl halides is 3. The summed E-state index contributed by atoms with van der Waals surface area (Å²) in [4.78, 5) is 2.07. The summed E-state index contributed by atoms with van der Waals surface area (Å²) in [6, 6.07) is 7.29. The predicted molar refractivity (Wildman–Crippen MR) is 68.7 cm³/mol. The predicted octanol–water partition coefficient (Wildman–Crippen LogP) is 4.99. The standard InChI is InChI=1S/C12H5BrClF3N2/c13-8-3-6(1-2-9(8)14)7-4-11(12(15,16)17)19-10(7)5-18/h1-4,19H. The SMILES string of the molecule is N#Cc1[nH]c(C(F)(F)F)cc1-c1ccc(Cl)c(Br)c1. The van der Waals surface area contributed by atoms with Crippen LogP contribution in [0.1, 0.15) is 11.4 Å². The molecule has 0 aliphatic heterocycles. The highest BCUT2D eigenvalue weighted by molar-refractivity contribution is 9.10. The van der Waals surface area contributed by atoms with Gasteiger partial charge in [0, 0.05) is 10.0 Å². The maximum atomic E-state index is 12.6. The molecule has 98 valence electrons. The Hall–Kier alpha value is -1.45. The van der Waals surface area contributed by atoms with Crippen molar-refractivity contribution in [1.82, 2.24) is 4.98 Å². The lowest BCUT2D eigenvalue weighted by Gasteiger charge is -2.02. The number of hydrogen-bond acceptors (Lipinski definition) is 1. The van der Waals surface area contributed by atoms with Gasteiger partial charge in [0.25, 0.3) is 0 Å². The molecule has 1 aromatic carbocycles. The quantitative estimate of drug-likeness (QED) is 0.774. The molecule has 2 nitrogen and oxygen atoms in total. The van der Waals surface area contributed by atoms with Gasteiger partial charge in [-0.3, -0.25) is 0 Å². The summed E-state index contributed by atoms with van der Waals surface area (Å²) in [5.74, 6) is 0. The van der Waals surface area contributed by atoms with Crippen LogP contribution in [0.15, 0.2) is 28.7 Å². The number of halogens is 5. The monoisotopic (exact) mass is 348 g/mol. The molecule has 1 heterocycles. The minimum absolute atomic E-state index is 0.137. The molecule has 0 unspecified atom stereocenters. The van der Waals surface area contributed by atoms with E-state index in [4.69, 9.17) is 16.9 Å². The normalized spacial score (nSPS) is 11.4. The van der Waals surface area contributed by atoms with Gasteiger partial charge in [-0.1, -0.05) is 17.7 Å². The molecule has 0 spiro atoms. The minimum atomic E-state index is -4.52. The van der Waals surface area contributed by atoms with E-state index >= 15 is 0 Å². The molecule has 0 aliphatic rings. The van der Waals surface area contributed by atoms with Gasteiger partial charge in [0.05, 0.1) is 5.02 Å². The number of benzene rings is 1. The van der Waals surface area contributed by atoms with Crippen LogP contribution in [0.3, 0.4) is 0 Å². The van der Waals surface area contributed by atoms with Gasteiger partial charge in [-0.2, -0.15) is 18.4 Å². The molecule has 0 saturated carbocycles. The van der Waals surface area contributed by atoms with Gasteiger partial charge in [0.2, 0.25) is 0 Å². The molecule has 1 aromatic heterocycles. The van der Waals surface area contributed by atoms with Gasteiger partial charge in [-0.25, -0.2) is 0 Å². The van der Waals surface area contributed by atoms with E-state index in [1.165, 1.54) is 0 Å². The first kappa shape index (κ1) is 14.0. The zero-order valence-electron chi connectivity index (χ0n) is 9.15. The van der Waals surface area contributed by atoms with Crippen LogP contribution in [0.5, 0.6) is 0 Å². The fourth-order valence-electron chi connectivity index (χ4n) is 1.59. The Morgan fingerprint density at radius 1 is 1.26 bits per heavy atom. The maximum Gasteiger partial charge on any atom is 0.431 e. The van der Waals surface area contributed by atoms with Crippen LogP contribution >= 0.6 is 27.5 Å². The van der Waals surface area contributed by atoms with Crippen molar-refractivity contribution < 1.29 is 13.2 Å². The topological polar surface area (TPSA) is 39.6 Å². The minimum Gasteiger partial charge on any atom is -0.342 e. The van der Waals surface area contributed by atoms with Crippen LogP contribution in [0.25, 0.3) is 11.1 Å². The summed E-state index contributed by atoms with van der Waals surface area (Å²) in [5.41, 5.74) is -0.432. The Balaban J connectivity index is 2.59. The molecule has 2 rings (SSSR count). The molecule has 0 fully saturated rings. The third kappa shape index (κ3) is 2.77. The Bertz CT molecular complexity index is 671. The molecule has 19 heavy (non-hydrogen) atoms. The van der Waals surface area contributed by atoms with E-state index < -0.39 is 11.9 Å². The van der Waals surface area contributed by atoms with E-state index in [1.54, 1.807) is 24.3 Å². The molecule has 0 saturated heterocycles. The third-order valence-electron chi connectivity index (χ3n) is 2.47. The smallest absolute Gasteiger partial charge is 0.342 e. The summed E-state index contributed by atoms with van der Waals surface area (Å²) in [6.07, 6.45) is -4.52. The number of H-pyrrole nitrogens is 1. The van der Waals surface area contributed by atoms with Crippen LogP contribution in [-0.2, 0) is 6.18 Å². The largest absolute Gasteiger partial charge is 0.431 e. The third-order valence-corrected chi connectivity index (χ3v) is 3.68. The summed E-state index contributed by atoms with van der Waals surface area (Å²) in [7, 11) is 0. The van der Waals surface area contributed by atoms with Gasteiger partial charge < -0.3 is 4.98 Å². The van der Waals surface area contributed by atoms with Crippen molar-refractivity contribution in [3.63, 3.8) is 0 Å². The van der Waals surface area contributed by atoms with Crippen molar-refractivity contribution in [1.29, 1.82) is 5.26 Å². The Morgan fingerprint density at radius 2 is 1.95 bits per heavy atom. The van der Waals surface area contributed by atoms with E-state index in [-0.39, 0.29) is 11.3 Å². The number of nitrogens with one attached hydrogen (secondary N) is 1. The van der Waals surface area contributed by atoms with Gasteiger partial charge >= 0.3 is 6.18 Å². The average molecular weight is 350 g/mol. The van der Waals surface area contributed by atoms with Gasteiger partial charge in [-0.05, 0) is 39.7 Å². The number of aromatic amines is 1. The summed E-state index contributed by atoms with van der Waals surface area (Å²) in [6.45, 7) is 0. The lowest BCUT2D eigenvalue weighted by atomic mass is 10.1. The Morgan fingerprint density at radius 3 is 2.47 bits per heavy atom. The first-order valence-electron chi connectivity index (χ1n) is 4.98. The van der Waals surface area contributed by atoms with Crippen molar-refractivity contribution in [2.24, 2.45) is 0 Å². The molecule has 0 amide bonds. The first-order valence-corrected chi connectivity index (χ1v) is 6.15. The molecule has 0 bridgehead atoms. The highest BCUT2D eigenvalue weighted by Crippen LogP contribution is 2.35. The summed E-state index contributed by atoms with van der Waals surface area (Å²) < 4.78 is 38.4. The molecule has 7 heteroatoms. The number of nitriles is 1. The van der Waals surface area contributed by atoms with E-state index in [0.717, 1.165) is 6.07 Å². The summed E-state index contributed by atoms with van der Waals surface area (Å²) >= 11 is 9.01. The molecule has 2 aromatic rings. The van der Waals surface area contributed by atoms with Gasteiger partial charge in [-0.15, -0.1) is 0 Å². The maximum absolute atomic E-state index is 12.6. The van der Waals surface area contributed by atoms with Crippen LogP contribution in [-0.4, -0.2) is 4.98 Å². The van der Waals surface area contributed by atoms with Gasteiger partial charge in [0.1, 0.15) is 17.5 Å². The highest BCUT2D eigenvalue weighted by atomic mass is 79.9. The molecule has 0 aliphatic carbocycles. The van der Waals surface area contributed by atoms with E-state index in [9.17, 15) is 13.2 Å². The molecular weight excluding hydrogens is 344 g/mol. The second-order valence-electron chi connectivity index (χ2n) is 3.71. The fraction of sp³-hybridized carbons (Fsp3) is 0.0833. The molecule has 0 atom stereocenters. The Labute approximate surface area is 119 Å². The van der Waals surface area contributed by atoms with E-state index in [1.807, 2.05) is 0 Å². The highest BCUT2D eigenvalue weighted by Gasteiger charge is 2.33. The van der Waals surface area contributed by atoms with Crippen molar-refractivity contribution in [3.05, 3.63) is 45.1 Å².